The van der Waals surface area contributed by atoms with Gasteiger partial charge in [-0.3, -0.25) is 0 Å². The average molecular weight is 429 g/mol. The first-order valence-electron chi connectivity index (χ1n) is 9.20. The zero-order chi connectivity index (χ0) is 21.1. The van der Waals surface area contributed by atoms with Crippen LogP contribution in [0.15, 0.2) is 40.4 Å². The maximum atomic E-state index is 12.7. The van der Waals surface area contributed by atoms with Crippen LogP contribution < -0.4 is 9.44 Å². The summed E-state index contributed by atoms with van der Waals surface area (Å²) in [5.41, 5.74) is 1.05. The van der Waals surface area contributed by atoms with Crippen molar-refractivity contribution in [3.05, 3.63) is 36.2 Å². The van der Waals surface area contributed by atoms with Gasteiger partial charge >= 0.3 is 0 Å². The molecule has 2 atom stereocenters. The van der Waals surface area contributed by atoms with E-state index in [0.29, 0.717) is 24.1 Å². The molecule has 0 saturated heterocycles. The van der Waals surface area contributed by atoms with Crippen LogP contribution in [0.1, 0.15) is 46.1 Å². The molecule has 0 fully saturated rings. The molecule has 0 aliphatic carbocycles. The molecule has 0 spiro atoms. The molecule has 1 heterocycles. The SMILES string of the molecule is CCC(C)NS(=O)(=O)c1cnn(-c2ccc(C)c(S(=O)(=O)NC(C)CC)c2)c1. The molecule has 2 rings (SSSR count). The summed E-state index contributed by atoms with van der Waals surface area (Å²) in [6.07, 6.45) is 3.95. The Bertz CT molecular complexity index is 1030. The first-order chi connectivity index (χ1) is 13.0. The van der Waals surface area contributed by atoms with Gasteiger partial charge < -0.3 is 0 Å². The van der Waals surface area contributed by atoms with Crippen LogP contribution in [-0.2, 0) is 20.0 Å². The highest BCUT2D eigenvalue weighted by molar-refractivity contribution is 7.89. The van der Waals surface area contributed by atoms with Crippen LogP contribution in [0.2, 0.25) is 0 Å². The number of nitrogens with zero attached hydrogens (tertiary/aromatic N) is 2. The molecule has 1 aromatic heterocycles. The van der Waals surface area contributed by atoms with Gasteiger partial charge in [0.05, 0.1) is 23.0 Å². The van der Waals surface area contributed by atoms with E-state index in [1.807, 2.05) is 13.8 Å². The fourth-order valence-electron chi connectivity index (χ4n) is 2.43. The lowest BCUT2D eigenvalue weighted by molar-refractivity contribution is 0.553. The third-order valence-electron chi connectivity index (χ3n) is 4.53. The summed E-state index contributed by atoms with van der Waals surface area (Å²) in [5, 5.41) is 4.10. The third kappa shape index (κ3) is 5.19. The van der Waals surface area contributed by atoms with Gasteiger partial charge in [-0.2, -0.15) is 5.10 Å². The van der Waals surface area contributed by atoms with Crippen LogP contribution in [0.3, 0.4) is 0 Å². The molecule has 0 aliphatic rings. The van der Waals surface area contributed by atoms with Crippen LogP contribution in [0.25, 0.3) is 5.69 Å². The van der Waals surface area contributed by atoms with Gasteiger partial charge in [0, 0.05) is 12.1 Å². The Morgan fingerprint density at radius 3 is 2.14 bits per heavy atom. The number of hydrogen-bond acceptors (Lipinski definition) is 5. The van der Waals surface area contributed by atoms with Gasteiger partial charge in [0.2, 0.25) is 20.0 Å². The van der Waals surface area contributed by atoms with E-state index >= 15 is 0 Å². The highest BCUT2D eigenvalue weighted by Crippen LogP contribution is 2.21. The van der Waals surface area contributed by atoms with Gasteiger partial charge in [0.25, 0.3) is 0 Å². The van der Waals surface area contributed by atoms with Gasteiger partial charge in [-0.05, 0) is 51.3 Å². The van der Waals surface area contributed by atoms with Crippen LogP contribution in [0.5, 0.6) is 0 Å². The lowest BCUT2D eigenvalue weighted by Gasteiger charge is -2.15. The fraction of sp³-hybridized carbons (Fsp3) is 0.500. The largest absolute Gasteiger partial charge is 0.243 e. The lowest BCUT2D eigenvalue weighted by atomic mass is 10.2. The lowest BCUT2D eigenvalue weighted by Crippen LogP contribution is -2.32. The molecule has 2 unspecified atom stereocenters. The topological polar surface area (TPSA) is 110 Å². The highest BCUT2D eigenvalue weighted by atomic mass is 32.2. The van der Waals surface area contributed by atoms with E-state index in [9.17, 15) is 16.8 Å². The second-order valence-electron chi connectivity index (χ2n) is 6.93. The van der Waals surface area contributed by atoms with Crippen molar-refractivity contribution in [2.75, 3.05) is 0 Å². The summed E-state index contributed by atoms with van der Waals surface area (Å²) in [5.74, 6) is 0. The summed E-state index contributed by atoms with van der Waals surface area (Å²) < 4.78 is 56.7. The van der Waals surface area contributed by atoms with E-state index in [4.69, 9.17) is 0 Å². The maximum Gasteiger partial charge on any atom is 0.243 e. The van der Waals surface area contributed by atoms with E-state index in [0.717, 1.165) is 0 Å². The molecule has 0 bridgehead atoms. The number of nitrogens with one attached hydrogen (secondary N) is 2. The number of hydrogen-bond donors (Lipinski definition) is 2. The summed E-state index contributed by atoms with van der Waals surface area (Å²) in [6, 6.07) is 4.47. The number of rotatable bonds is 9. The van der Waals surface area contributed by atoms with Crippen molar-refractivity contribution in [3.63, 3.8) is 0 Å². The van der Waals surface area contributed by atoms with Gasteiger partial charge in [0.1, 0.15) is 4.90 Å². The van der Waals surface area contributed by atoms with Crippen LogP contribution in [-0.4, -0.2) is 38.7 Å². The van der Waals surface area contributed by atoms with Gasteiger partial charge in [0.15, 0.2) is 0 Å². The minimum absolute atomic E-state index is 0.0236. The van der Waals surface area contributed by atoms with Crippen LogP contribution >= 0.6 is 0 Å². The molecule has 0 radical (unpaired) electrons. The second kappa shape index (κ2) is 8.73. The predicted molar refractivity (Wildman–Crippen MR) is 108 cm³/mol. The first-order valence-corrected chi connectivity index (χ1v) is 12.2. The van der Waals surface area contributed by atoms with E-state index in [-0.39, 0.29) is 21.9 Å². The predicted octanol–water partition coefficient (Wildman–Crippen LogP) is 2.33. The van der Waals surface area contributed by atoms with Crippen LogP contribution in [0.4, 0.5) is 0 Å². The van der Waals surface area contributed by atoms with E-state index < -0.39 is 20.0 Å². The van der Waals surface area contributed by atoms with E-state index in [1.165, 1.54) is 23.1 Å². The van der Waals surface area contributed by atoms with E-state index in [2.05, 4.69) is 14.5 Å². The smallest absolute Gasteiger partial charge is 0.240 e. The van der Waals surface area contributed by atoms with Gasteiger partial charge in [-0.15, -0.1) is 0 Å². The average Bonchev–Trinajstić information content (AvgIpc) is 3.12. The highest BCUT2D eigenvalue weighted by Gasteiger charge is 2.22. The standard InChI is InChI=1S/C18H28N4O4S2/c1-6-14(4)20-27(23,24)17-11-19-22(12-17)16-9-8-13(3)18(10-16)28(25,26)21-15(5)7-2/h8-12,14-15,20-21H,6-7H2,1-5H3. The quantitative estimate of drug-likeness (QED) is 0.637. The monoisotopic (exact) mass is 428 g/mol. The molecular weight excluding hydrogens is 400 g/mol. The van der Waals surface area contributed by atoms with Crippen molar-refractivity contribution >= 4 is 20.0 Å². The molecule has 0 amide bonds. The Labute approximate surface area is 167 Å². The van der Waals surface area contributed by atoms with Crippen LogP contribution in [0, 0.1) is 6.92 Å². The molecule has 0 saturated carbocycles. The Kier molecular flexibility index (Phi) is 7.02. The van der Waals surface area contributed by atoms with Crippen molar-refractivity contribution in [2.45, 2.75) is 69.3 Å². The Balaban J connectivity index is 2.40. The summed E-state index contributed by atoms with van der Waals surface area (Å²) >= 11 is 0. The number of aromatic nitrogens is 2. The third-order valence-corrected chi connectivity index (χ3v) is 7.81. The molecule has 10 heteroatoms. The molecule has 2 N–H and O–H groups in total. The Hall–Kier alpha value is -1.75. The fourth-order valence-corrected chi connectivity index (χ4v) is 5.28. The van der Waals surface area contributed by atoms with Crippen molar-refractivity contribution in [1.29, 1.82) is 0 Å². The van der Waals surface area contributed by atoms with E-state index in [1.54, 1.807) is 32.9 Å². The maximum absolute atomic E-state index is 12.7. The molecular formula is C18H28N4O4S2. The zero-order valence-electron chi connectivity index (χ0n) is 16.8. The van der Waals surface area contributed by atoms with Gasteiger partial charge in [-0.25, -0.2) is 31.0 Å². The molecule has 156 valence electrons. The first kappa shape index (κ1) is 22.5. The van der Waals surface area contributed by atoms with Crippen molar-refractivity contribution in [1.82, 2.24) is 19.2 Å². The Morgan fingerprint density at radius 1 is 1.00 bits per heavy atom. The van der Waals surface area contributed by atoms with Crippen molar-refractivity contribution < 1.29 is 16.8 Å². The minimum Gasteiger partial charge on any atom is -0.240 e. The zero-order valence-corrected chi connectivity index (χ0v) is 18.4. The summed E-state index contributed by atoms with van der Waals surface area (Å²) in [4.78, 5) is 0.165. The second-order valence-corrected chi connectivity index (χ2v) is 10.3. The normalized spacial score (nSPS) is 14.8. The molecule has 2 aromatic rings. The number of benzene rings is 1. The molecule has 0 aliphatic heterocycles. The van der Waals surface area contributed by atoms with Crippen molar-refractivity contribution in [2.24, 2.45) is 0 Å². The summed E-state index contributed by atoms with van der Waals surface area (Å²) in [7, 11) is -7.38. The minimum atomic E-state index is -3.70. The van der Waals surface area contributed by atoms with Gasteiger partial charge in [-0.1, -0.05) is 19.9 Å². The number of aryl methyl sites for hydroxylation is 1. The van der Waals surface area contributed by atoms with Crippen molar-refractivity contribution in [3.8, 4) is 5.69 Å². The Morgan fingerprint density at radius 2 is 1.57 bits per heavy atom. The summed E-state index contributed by atoms with van der Waals surface area (Å²) in [6.45, 7) is 9.08. The molecule has 28 heavy (non-hydrogen) atoms. The number of sulfonamides is 2. The molecule has 1 aromatic carbocycles. The molecule has 8 nitrogen and oxygen atoms in total.